The molecule has 0 unspecified atom stereocenters. The Balaban J connectivity index is 1.88. The maximum Gasteiger partial charge on any atom is 0.262 e. The van der Waals surface area contributed by atoms with Crippen LogP contribution in [0.2, 0.25) is 0 Å². The maximum absolute atomic E-state index is 13.4. The monoisotopic (exact) mass is 474 g/mol. The molecule has 160 valence electrons. The SMILES string of the molecule is CN(C)c1cccc2c(S(=O)(=O)Nc3cccc4c(S(=O)(=O)Cl)cccc34)cccc12. The van der Waals surface area contributed by atoms with Gasteiger partial charge >= 0.3 is 0 Å². The van der Waals surface area contributed by atoms with Crippen LogP contribution in [0, 0.1) is 0 Å². The molecule has 4 aromatic rings. The molecule has 0 amide bonds. The zero-order chi connectivity index (χ0) is 22.4. The first-order valence-electron chi connectivity index (χ1n) is 9.28. The molecule has 0 aliphatic carbocycles. The summed E-state index contributed by atoms with van der Waals surface area (Å²) in [5.74, 6) is 0. The molecule has 4 rings (SSSR count). The van der Waals surface area contributed by atoms with Crippen molar-refractivity contribution in [3.05, 3.63) is 72.8 Å². The van der Waals surface area contributed by atoms with Crippen LogP contribution in [0.1, 0.15) is 0 Å². The van der Waals surface area contributed by atoms with Crippen molar-refractivity contribution in [2.24, 2.45) is 0 Å². The minimum atomic E-state index is -3.99. The number of nitrogens with zero attached hydrogens (tertiary/aromatic N) is 1. The summed E-state index contributed by atoms with van der Waals surface area (Å²) in [6, 6.07) is 19.9. The Morgan fingerprint density at radius 1 is 0.677 bits per heavy atom. The lowest BCUT2D eigenvalue weighted by Crippen LogP contribution is -2.14. The number of benzene rings is 4. The third kappa shape index (κ3) is 3.94. The molecule has 0 saturated heterocycles. The fraction of sp³-hybridized carbons (Fsp3) is 0.0909. The van der Waals surface area contributed by atoms with Gasteiger partial charge in [0.2, 0.25) is 0 Å². The first kappa shape index (κ1) is 21.4. The molecule has 4 aromatic carbocycles. The fourth-order valence-electron chi connectivity index (χ4n) is 3.67. The van der Waals surface area contributed by atoms with Gasteiger partial charge in [0.1, 0.15) is 0 Å². The van der Waals surface area contributed by atoms with Crippen molar-refractivity contribution in [2.45, 2.75) is 9.79 Å². The molecule has 0 atom stereocenters. The van der Waals surface area contributed by atoms with E-state index in [1.54, 1.807) is 42.5 Å². The molecule has 0 aliphatic heterocycles. The Morgan fingerprint density at radius 3 is 1.84 bits per heavy atom. The predicted molar refractivity (Wildman–Crippen MR) is 126 cm³/mol. The van der Waals surface area contributed by atoms with Crippen LogP contribution < -0.4 is 9.62 Å². The van der Waals surface area contributed by atoms with Gasteiger partial charge in [-0.15, -0.1) is 0 Å². The zero-order valence-corrected chi connectivity index (χ0v) is 19.1. The average Bonchev–Trinajstić information content (AvgIpc) is 2.71. The molecule has 31 heavy (non-hydrogen) atoms. The summed E-state index contributed by atoms with van der Waals surface area (Å²) in [6.07, 6.45) is 0. The van der Waals surface area contributed by atoms with E-state index in [1.807, 2.05) is 37.2 Å². The van der Waals surface area contributed by atoms with Gasteiger partial charge in [0, 0.05) is 52.0 Å². The van der Waals surface area contributed by atoms with E-state index >= 15 is 0 Å². The molecule has 1 N–H and O–H groups in total. The zero-order valence-electron chi connectivity index (χ0n) is 16.7. The highest BCUT2D eigenvalue weighted by atomic mass is 35.7. The van der Waals surface area contributed by atoms with Crippen molar-refractivity contribution >= 4 is 62.7 Å². The topological polar surface area (TPSA) is 83.6 Å². The van der Waals surface area contributed by atoms with E-state index in [0.717, 1.165) is 11.1 Å². The van der Waals surface area contributed by atoms with Crippen LogP contribution in [0.4, 0.5) is 11.4 Å². The van der Waals surface area contributed by atoms with Crippen molar-refractivity contribution in [2.75, 3.05) is 23.7 Å². The minimum absolute atomic E-state index is 0.0755. The molecule has 0 aliphatic rings. The summed E-state index contributed by atoms with van der Waals surface area (Å²) < 4.78 is 53.2. The Kier molecular flexibility index (Phi) is 5.33. The van der Waals surface area contributed by atoms with Crippen LogP contribution in [0.25, 0.3) is 21.5 Å². The van der Waals surface area contributed by atoms with Crippen molar-refractivity contribution < 1.29 is 16.8 Å². The summed E-state index contributed by atoms with van der Waals surface area (Å²) in [6.45, 7) is 0. The van der Waals surface area contributed by atoms with E-state index in [0.29, 0.717) is 16.2 Å². The quantitative estimate of drug-likeness (QED) is 0.420. The predicted octanol–water partition coefficient (Wildman–Crippen LogP) is 4.79. The Hall–Kier alpha value is -2.81. The van der Waals surface area contributed by atoms with Crippen molar-refractivity contribution in [3.8, 4) is 0 Å². The van der Waals surface area contributed by atoms with Gasteiger partial charge in [-0.1, -0.05) is 48.5 Å². The highest BCUT2D eigenvalue weighted by Crippen LogP contribution is 2.34. The Bertz CT molecular complexity index is 1530. The third-order valence-corrected chi connectivity index (χ3v) is 7.82. The first-order valence-corrected chi connectivity index (χ1v) is 13.1. The number of anilines is 2. The molecular weight excluding hydrogens is 456 g/mol. The van der Waals surface area contributed by atoms with E-state index in [1.165, 1.54) is 12.1 Å². The van der Waals surface area contributed by atoms with Crippen molar-refractivity contribution in [1.82, 2.24) is 0 Å². The van der Waals surface area contributed by atoms with Crippen molar-refractivity contribution in [1.29, 1.82) is 0 Å². The van der Waals surface area contributed by atoms with Gasteiger partial charge in [-0.3, -0.25) is 4.72 Å². The second-order valence-corrected chi connectivity index (χ2v) is 11.4. The average molecular weight is 475 g/mol. The van der Waals surface area contributed by atoms with E-state index in [9.17, 15) is 16.8 Å². The number of nitrogens with one attached hydrogen (secondary N) is 1. The molecule has 0 aromatic heterocycles. The van der Waals surface area contributed by atoms with Gasteiger partial charge in [-0.25, -0.2) is 16.8 Å². The Labute approximate surface area is 185 Å². The fourth-order valence-corrected chi connectivity index (χ4v) is 6.06. The molecule has 0 radical (unpaired) electrons. The van der Waals surface area contributed by atoms with E-state index in [4.69, 9.17) is 10.7 Å². The van der Waals surface area contributed by atoms with E-state index in [2.05, 4.69) is 4.72 Å². The van der Waals surface area contributed by atoms with E-state index < -0.39 is 19.1 Å². The number of hydrogen-bond donors (Lipinski definition) is 1. The molecule has 0 saturated carbocycles. The van der Waals surface area contributed by atoms with Crippen molar-refractivity contribution in [3.63, 3.8) is 0 Å². The molecule has 0 spiro atoms. The normalized spacial score (nSPS) is 12.2. The van der Waals surface area contributed by atoms with Crippen LogP contribution in [-0.2, 0) is 19.1 Å². The van der Waals surface area contributed by atoms with Crippen LogP contribution in [-0.4, -0.2) is 30.9 Å². The molecular formula is C22H19ClN2O4S2. The summed E-state index contributed by atoms with van der Waals surface area (Å²) in [5, 5.41) is 2.17. The second-order valence-electron chi connectivity index (χ2n) is 7.22. The molecule has 9 heteroatoms. The van der Waals surface area contributed by atoms with Crippen LogP contribution in [0.15, 0.2) is 82.6 Å². The number of sulfonamides is 1. The number of fused-ring (bicyclic) bond motifs is 2. The summed E-state index contributed by atoms with van der Waals surface area (Å²) in [7, 11) is 1.38. The van der Waals surface area contributed by atoms with Gasteiger partial charge in [-0.05, 0) is 24.3 Å². The third-order valence-electron chi connectivity index (χ3n) is 5.02. The summed E-state index contributed by atoms with van der Waals surface area (Å²) in [5.41, 5.74) is 1.16. The minimum Gasteiger partial charge on any atom is -0.377 e. The van der Waals surface area contributed by atoms with Crippen LogP contribution in [0.5, 0.6) is 0 Å². The Morgan fingerprint density at radius 2 is 1.19 bits per heavy atom. The number of hydrogen-bond acceptors (Lipinski definition) is 5. The largest absolute Gasteiger partial charge is 0.377 e. The molecule has 0 fully saturated rings. The highest BCUT2D eigenvalue weighted by molar-refractivity contribution is 8.14. The number of rotatable bonds is 5. The highest BCUT2D eigenvalue weighted by Gasteiger charge is 2.21. The van der Waals surface area contributed by atoms with Gasteiger partial charge in [-0.2, -0.15) is 0 Å². The second kappa shape index (κ2) is 7.71. The van der Waals surface area contributed by atoms with Gasteiger partial charge in [0.25, 0.3) is 19.1 Å². The van der Waals surface area contributed by atoms with E-state index in [-0.39, 0.29) is 15.5 Å². The van der Waals surface area contributed by atoms with Crippen LogP contribution >= 0.6 is 10.7 Å². The van der Waals surface area contributed by atoms with Crippen LogP contribution in [0.3, 0.4) is 0 Å². The lowest BCUT2D eigenvalue weighted by Gasteiger charge is -2.17. The number of halogens is 1. The van der Waals surface area contributed by atoms with Gasteiger partial charge in [0.05, 0.1) is 15.5 Å². The molecule has 0 bridgehead atoms. The molecule has 6 nitrogen and oxygen atoms in total. The molecule has 0 heterocycles. The lowest BCUT2D eigenvalue weighted by molar-refractivity contribution is 0.602. The maximum atomic E-state index is 13.4. The standard InChI is InChI=1S/C22H19ClN2O4S2/c1-25(2)20-12-4-10-18-16(20)8-6-14-22(18)31(28,29)24-19-11-3-9-17-15(19)7-5-13-21(17)30(23,26)27/h3-14,24H,1-2H3. The summed E-state index contributed by atoms with van der Waals surface area (Å²) in [4.78, 5) is 1.98. The lowest BCUT2D eigenvalue weighted by atomic mass is 10.1. The smallest absolute Gasteiger partial charge is 0.262 e. The van der Waals surface area contributed by atoms with Gasteiger partial charge in [0.15, 0.2) is 0 Å². The van der Waals surface area contributed by atoms with Gasteiger partial charge < -0.3 is 4.90 Å². The summed E-state index contributed by atoms with van der Waals surface area (Å²) >= 11 is 0. The first-order chi connectivity index (χ1) is 14.6.